The third-order valence-electron chi connectivity index (χ3n) is 4.10. The number of ether oxygens (including phenoxy) is 1. The molecule has 2 aliphatic rings. The number of hydrogen-bond acceptors (Lipinski definition) is 3. The topological polar surface area (TPSA) is 58.6 Å². The van der Waals surface area contributed by atoms with E-state index < -0.39 is 0 Å². The number of nitrogens with zero attached hydrogens (tertiary/aromatic N) is 1. The lowest BCUT2D eigenvalue weighted by molar-refractivity contribution is 0.0764. The Labute approximate surface area is 117 Å². The van der Waals surface area contributed by atoms with Crippen molar-refractivity contribution in [2.45, 2.75) is 26.0 Å². The summed E-state index contributed by atoms with van der Waals surface area (Å²) >= 11 is 0. The Bertz CT molecular complexity index is 570. The van der Waals surface area contributed by atoms with Gasteiger partial charge in [0.25, 0.3) is 0 Å². The first-order chi connectivity index (χ1) is 9.56. The highest BCUT2D eigenvalue weighted by Crippen LogP contribution is 2.28. The molecule has 0 aliphatic carbocycles. The molecule has 1 fully saturated rings. The molecule has 3 rings (SSSR count). The van der Waals surface area contributed by atoms with Gasteiger partial charge in [-0.1, -0.05) is 0 Å². The Balaban J connectivity index is 1.87. The minimum absolute atomic E-state index is 0.0130. The van der Waals surface area contributed by atoms with E-state index in [4.69, 9.17) is 4.74 Å². The highest BCUT2D eigenvalue weighted by Gasteiger charge is 2.32. The first kappa shape index (κ1) is 13.1. The first-order valence-corrected chi connectivity index (χ1v) is 6.87. The summed E-state index contributed by atoms with van der Waals surface area (Å²) in [7, 11) is 1.74. The van der Waals surface area contributed by atoms with Crippen LogP contribution in [0.15, 0.2) is 18.2 Å². The van der Waals surface area contributed by atoms with E-state index in [-0.39, 0.29) is 23.8 Å². The number of hydrogen-bond donors (Lipinski definition) is 1. The predicted octanol–water partition coefficient (Wildman–Crippen LogP) is 2.27. The van der Waals surface area contributed by atoms with E-state index in [1.165, 1.54) is 0 Å². The lowest BCUT2D eigenvalue weighted by Gasteiger charge is -2.26. The highest BCUT2D eigenvalue weighted by atomic mass is 16.5. The van der Waals surface area contributed by atoms with Crippen molar-refractivity contribution in [3.63, 3.8) is 0 Å². The van der Waals surface area contributed by atoms with Gasteiger partial charge in [0.2, 0.25) is 0 Å². The van der Waals surface area contributed by atoms with E-state index >= 15 is 0 Å². The van der Waals surface area contributed by atoms with Crippen LogP contribution in [0.25, 0.3) is 0 Å². The molecule has 2 atom stereocenters. The van der Waals surface area contributed by atoms with Gasteiger partial charge in [0.05, 0.1) is 12.0 Å². The predicted molar refractivity (Wildman–Crippen MR) is 74.8 cm³/mol. The van der Waals surface area contributed by atoms with Crippen LogP contribution < -0.4 is 5.32 Å². The molecule has 2 unspecified atom stereocenters. The van der Waals surface area contributed by atoms with Crippen molar-refractivity contribution in [1.29, 1.82) is 0 Å². The molecule has 5 nitrogen and oxygen atoms in total. The maximum atomic E-state index is 12.5. The Morgan fingerprint density at radius 3 is 2.95 bits per heavy atom. The van der Waals surface area contributed by atoms with Gasteiger partial charge in [0.15, 0.2) is 5.78 Å². The van der Waals surface area contributed by atoms with E-state index in [0.717, 1.165) is 17.7 Å². The number of benzene rings is 1. The smallest absolute Gasteiger partial charge is 0.321 e. The van der Waals surface area contributed by atoms with Crippen molar-refractivity contribution in [3.8, 4) is 0 Å². The standard InChI is InChI=1S/C15H18N2O3/c1-9-12(5-6-20-9)14(18)10-3-4-13-11(7-10)8-17(2)15(19)16-13/h3-4,7,9,12H,5-6,8H2,1-2H3,(H,16,19). The van der Waals surface area contributed by atoms with Crippen LogP contribution in [0.4, 0.5) is 10.5 Å². The lowest BCUT2D eigenvalue weighted by Crippen LogP contribution is -2.35. The molecular formula is C15H18N2O3. The zero-order valence-corrected chi connectivity index (χ0v) is 11.7. The van der Waals surface area contributed by atoms with Crippen LogP contribution in [-0.4, -0.2) is 36.5 Å². The quantitative estimate of drug-likeness (QED) is 0.842. The summed E-state index contributed by atoms with van der Waals surface area (Å²) in [5.41, 5.74) is 2.47. The Morgan fingerprint density at radius 1 is 1.45 bits per heavy atom. The van der Waals surface area contributed by atoms with Crippen molar-refractivity contribution in [2.75, 3.05) is 19.0 Å². The fraction of sp³-hybridized carbons (Fsp3) is 0.467. The first-order valence-electron chi connectivity index (χ1n) is 6.87. The number of amides is 2. The second-order valence-electron chi connectivity index (χ2n) is 5.49. The Morgan fingerprint density at radius 2 is 2.25 bits per heavy atom. The number of carbonyl (C=O) groups excluding carboxylic acids is 2. The van der Waals surface area contributed by atoms with E-state index in [1.54, 1.807) is 18.0 Å². The van der Waals surface area contributed by atoms with Crippen LogP contribution in [-0.2, 0) is 11.3 Å². The van der Waals surface area contributed by atoms with Crippen LogP contribution in [0.5, 0.6) is 0 Å². The van der Waals surface area contributed by atoms with Gasteiger partial charge >= 0.3 is 6.03 Å². The van der Waals surface area contributed by atoms with Gasteiger partial charge in [-0.05, 0) is 37.1 Å². The van der Waals surface area contributed by atoms with Gasteiger partial charge in [-0.25, -0.2) is 4.79 Å². The summed E-state index contributed by atoms with van der Waals surface area (Å²) in [5, 5.41) is 2.81. The lowest BCUT2D eigenvalue weighted by atomic mass is 9.91. The molecule has 1 aromatic carbocycles. The van der Waals surface area contributed by atoms with Crippen LogP contribution in [0, 0.1) is 5.92 Å². The van der Waals surface area contributed by atoms with E-state index in [9.17, 15) is 9.59 Å². The molecule has 0 aromatic heterocycles. The third-order valence-corrected chi connectivity index (χ3v) is 4.10. The van der Waals surface area contributed by atoms with Gasteiger partial charge in [0, 0.05) is 31.5 Å². The molecule has 2 amide bonds. The van der Waals surface area contributed by atoms with E-state index in [0.29, 0.717) is 18.7 Å². The number of carbonyl (C=O) groups is 2. The number of urea groups is 1. The average molecular weight is 274 g/mol. The second-order valence-corrected chi connectivity index (χ2v) is 5.49. The summed E-state index contributed by atoms with van der Waals surface area (Å²) in [6.07, 6.45) is 0.772. The maximum absolute atomic E-state index is 12.5. The fourth-order valence-corrected chi connectivity index (χ4v) is 2.83. The van der Waals surface area contributed by atoms with Crippen LogP contribution in [0.1, 0.15) is 29.3 Å². The maximum Gasteiger partial charge on any atom is 0.321 e. The molecular weight excluding hydrogens is 256 g/mol. The second kappa shape index (κ2) is 4.90. The molecule has 1 saturated heterocycles. The van der Waals surface area contributed by atoms with E-state index in [2.05, 4.69) is 5.32 Å². The number of Topliss-reactive ketones (excluding diaryl/α,β-unsaturated/α-hetero) is 1. The van der Waals surface area contributed by atoms with Crippen LogP contribution >= 0.6 is 0 Å². The van der Waals surface area contributed by atoms with Crippen molar-refractivity contribution in [2.24, 2.45) is 5.92 Å². The molecule has 0 saturated carbocycles. The molecule has 106 valence electrons. The minimum Gasteiger partial charge on any atom is -0.378 e. The molecule has 0 spiro atoms. The number of anilines is 1. The Hall–Kier alpha value is -1.88. The van der Waals surface area contributed by atoms with E-state index in [1.807, 2.05) is 19.1 Å². The summed E-state index contributed by atoms with van der Waals surface area (Å²) in [6.45, 7) is 3.13. The van der Waals surface area contributed by atoms with Gasteiger partial charge in [0.1, 0.15) is 0 Å². The molecule has 5 heteroatoms. The Kier molecular flexibility index (Phi) is 3.22. The fourth-order valence-electron chi connectivity index (χ4n) is 2.83. The normalized spacial score (nSPS) is 25.3. The largest absolute Gasteiger partial charge is 0.378 e. The molecule has 1 aromatic rings. The molecule has 2 aliphatic heterocycles. The average Bonchev–Trinajstić information content (AvgIpc) is 2.85. The van der Waals surface area contributed by atoms with Crippen molar-refractivity contribution >= 4 is 17.5 Å². The number of ketones is 1. The van der Waals surface area contributed by atoms with Gasteiger partial charge in [-0.2, -0.15) is 0 Å². The number of rotatable bonds is 2. The SMILES string of the molecule is CC1OCCC1C(=O)c1ccc2c(c1)CN(C)C(=O)N2. The monoisotopic (exact) mass is 274 g/mol. The molecule has 0 bridgehead atoms. The van der Waals surface area contributed by atoms with Gasteiger partial charge in [-0.3, -0.25) is 4.79 Å². The van der Waals surface area contributed by atoms with Crippen molar-refractivity contribution in [1.82, 2.24) is 4.90 Å². The molecule has 1 N–H and O–H groups in total. The molecule has 0 radical (unpaired) electrons. The summed E-state index contributed by atoms with van der Waals surface area (Å²) in [5.74, 6) is 0.0846. The van der Waals surface area contributed by atoms with Gasteiger partial charge < -0.3 is 15.0 Å². The molecule has 2 heterocycles. The number of fused-ring (bicyclic) bond motifs is 1. The van der Waals surface area contributed by atoms with Crippen molar-refractivity contribution in [3.05, 3.63) is 29.3 Å². The zero-order valence-electron chi connectivity index (χ0n) is 11.7. The molecule has 20 heavy (non-hydrogen) atoms. The van der Waals surface area contributed by atoms with Crippen molar-refractivity contribution < 1.29 is 14.3 Å². The zero-order chi connectivity index (χ0) is 14.3. The number of nitrogens with one attached hydrogen (secondary N) is 1. The summed E-state index contributed by atoms with van der Waals surface area (Å²) < 4.78 is 5.47. The summed E-state index contributed by atoms with van der Waals surface area (Å²) in [4.78, 5) is 25.7. The minimum atomic E-state index is -0.116. The van der Waals surface area contributed by atoms with Crippen LogP contribution in [0.2, 0.25) is 0 Å². The summed E-state index contributed by atoms with van der Waals surface area (Å²) in [6, 6.07) is 5.37. The third kappa shape index (κ3) is 2.18. The van der Waals surface area contributed by atoms with Gasteiger partial charge in [-0.15, -0.1) is 0 Å². The highest BCUT2D eigenvalue weighted by molar-refractivity contribution is 6.00. The van der Waals surface area contributed by atoms with Crippen LogP contribution in [0.3, 0.4) is 0 Å².